The average molecular weight is 383 g/mol. The monoisotopic (exact) mass is 383 g/mol. The predicted octanol–water partition coefficient (Wildman–Crippen LogP) is 3.24. The van der Waals surface area contributed by atoms with Crippen LogP contribution < -0.4 is 17.0 Å². The zero-order valence-corrected chi connectivity index (χ0v) is 16.2. The lowest BCUT2D eigenvalue weighted by molar-refractivity contribution is 0.100. The van der Waals surface area contributed by atoms with Crippen molar-refractivity contribution < 1.29 is 9.90 Å². The Hall–Kier alpha value is -2.80. The minimum Gasteiger partial charge on any atom is -0.508 e. The van der Waals surface area contributed by atoms with E-state index in [0.29, 0.717) is 27.3 Å². The first kappa shape index (κ1) is 17.6. The molecular weight excluding hydrogens is 362 g/mol. The van der Waals surface area contributed by atoms with Crippen LogP contribution in [0.3, 0.4) is 0 Å². The van der Waals surface area contributed by atoms with Gasteiger partial charge in [0, 0.05) is 10.4 Å². The highest BCUT2D eigenvalue weighted by Crippen LogP contribution is 2.48. The molecular formula is C20H21N3O3S. The second kappa shape index (κ2) is 5.85. The number of thiophene rings is 1. The van der Waals surface area contributed by atoms with Crippen LogP contribution in [0.5, 0.6) is 5.75 Å². The van der Waals surface area contributed by atoms with Gasteiger partial charge in [-0.15, -0.1) is 11.3 Å². The Kier molecular flexibility index (Phi) is 3.82. The number of rotatable bonds is 3. The molecule has 27 heavy (non-hydrogen) atoms. The first-order valence-electron chi connectivity index (χ1n) is 8.80. The summed E-state index contributed by atoms with van der Waals surface area (Å²) in [4.78, 5) is 26.9. The van der Waals surface area contributed by atoms with Crippen LogP contribution in [0.2, 0.25) is 0 Å². The van der Waals surface area contributed by atoms with E-state index < -0.39 is 5.91 Å². The maximum Gasteiger partial charge on any atom is 0.265 e. The molecule has 6 nitrogen and oxygen atoms in total. The molecule has 2 heterocycles. The van der Waals surface area contributed by atoms with E-state index in [4.69, 9.17) is 11.5 Å². The number of pyridine rings is 1. The Morgan fingerprint density at radius 1 is 1.22 bits per heavy atom. The minimum absolute atomic E-state index is 0.0143. The minimum atomic E-state index is -0.662. The molecule has 0 saturated heterocycles. The summed E-state index contributed by atoms with van der Waals surface area (Å²) in [5.74, 6) is -0.143. The SMILES string of the molecule is Cc1ccc(O)c(C)c1-n1c(N)c(C(N)=O)c2sc(C3CC3)c(C)c2c1=O. The second-order valence-electron chi connectivity index (χ2n) is 7.21. The number of primary amides is 1. The largest absolute Gasteiger partial charge is 0.508 e. The maximum atomic E-state index is 13.5. The van der Waals surface area contributed by atoms with Crippen LogP contribution in [-0.4, -0.2) is 15.6 Å². The quantitative estimate of drug-likeness (QED) is 0.644. The molecule has 1 aliphatic rings. The smallest absolute Gasteiger partial charge is 0.265 e. The molecule has 3 aromatic rings. The summed E-state index contributed by atoms with van der Waals surface area (Å²) in [6.45, 7) is 5.47. The number of phenols is 1. The van der Waals surface area contributed by atoms with Crippen molar-refractivity contribution in [3.8, 4) is 11.4 Å². The number of carbonyl (C=O) groups is 1. The molecule has 4 rings (SSSR count). The molecule has 140 valence electrons. The van der Waals surface area contributed by atoms with E-state index in [-0.39, 0.29) is 22.7 Å². The molecule has 1 saturated carbocycles. The highest BCUT2D eigenvalue weighted by atomic mass is 32.1. The van der Waals surface area contributed by atoms with Gasteiger partial charge in [0.1, 0.15) is 11.6 Å². The van der Waals surface area contributed by atoms with Crippen molar-refractivity contribution in [1.29, 1.82) is 0 Å². The molecule has 0 atom stereocenters. The van der Waals surface area contributed by atoms with E-state index >= 15 is 0 Å². The third-order valence-electron chi connectivity index (χ3n) is 5.35. The van der Waals surface area contributed by atoms with Crippen LogP contribution in [0.25, 0.3) is 15.8 Å². The summed E-state index contributed by atoms with van der Waals surface area (Å²) in [6, 6.07) is 3.29. The van der Waals surface area contributed by atoms with Gasteiger partial charge in [0.05, 0.1) is 21.3 Å². The van der Waals surface area contributed by atoms with Gasteiger partial charge in [0.2, 0.25) is 0 Å². The Balaban J connectivity index is 2.21. The Bertz CT molecular complexity index is 1190. The van der Waals surface area contributed by atoms with Crippen LogP contribution >= 0.6 is 11.3 Å². The van der Waals surface area contributed by atoms with Crippen LogP contribution in [0, 0.1) is 20.8 Å². The zero-order valence-electron chi connectivity index (χ0n) is 15.4. The normalized spacial score (nSPS) is 14.0. The van der Waals surface area contributed by atoms with Gasteiger partial charge in [0.25, 0.3) is 11.5 Å². The molecule has 7 heteroatoms. The lowest BCUT2D eigenvalue weighted by atomic mass is 10.0. The van der Waals surface area contributed by atoms with Gasteiger partial charge in [-0.3, -0.25) is 14.2 Å². The summed E-state index contributed by atoms with van der Waals surface area (Å²) in [7, 11) is 0. The summed E-state index contributed by atoms with van der Waals surface area (Å²) >= 11 is 1.45. The fraction of sp³-hybridized carbons (Fsp3) is 0.300. The van der Waals surface area contributed by atoms with Gasteiger partial charge in [-0.05, 0) is 56.7 Å². The van der Waals surface area contributed by atoms with Crippen LogP contribution in [0.4, 0.5) is 5.82 Å². The number of anilines is 1. The molecule has 0 unspecified atom stereocenters. The van der Waals surface area contributed by atoms with Gasteiger partial charge >= 0.3 is 0 Å². The molecule has 0 aliphatic heterocycles. The van der Waals surface area contributed by atoms with Crippen LogP contribution in [0.15, 0.2) is 16.9 Å². The molecule has 1 fully saturated rings. The standard InChI is InChI=1S/C20H21N3O3S/c1-8-4-7-12(24)9(2)15(8)23-18(21)14(19(22)25)17-13(20(23)26)10(3)16(27-17)11-5-6-11/h4,7,11,24H,5-6,21H2,1-3H3,(H2,22,25). The van der Waals surface area contributed by atoms with Crippen LogP contribution in [-0.2, 0) is 0 Å². The van der Waals surface area contributed by atoms with Gasteiger partial charge < -0.3 is 16.6 Å². The first-order chi connectivity index (χ1) is 12.7. The maximum absolute atomic E-state index is 13.5. The number of nitrogens with zero attached hydrogens (tertiary/aromatic N) is 1. The van der Waals surface area contributed by atoms with Gasteiger partial charge in [-0.2, -0.15) is 0 Å². The number of carbonyl (C=O) groups excluding carboxylic acids is 1. The number of phenolic OH excluding ortho intramolecular Hbond substituents is 1. The molecule has 1 amide bonds. The van der Waals surface area contributed by atoms with Crippen molar-refractivity contribution in [2.24, 2.45) is 5.73 Å². The number of hydrogen-bond acceptors (Lipinski definition) is 5. The second-order valence-corrected chi connectivity index (χ2v) is 8.26. The van der Waals surface area contributed by atoms with Crippen molar-refractivity contribution in [3.63, 3.8) is 0 Å². The number of aryl methyl sites for hydroxylation is 2. The number of aromatic nitrogens is 1. The van der Waals surface area contributed by atoms with Gasteiger partial charge in [-0.25, -0.2) is 0 Å². The first-order valence-corrected chi connectivity index (χ1v) is 9.62. The Morgan fingerprint density at radius 3 is 2.48 bits per heavy atom. The molecule has 0 radical (unpaired) electrons. The molecule has 1 aromatic carbocycles. The van der Waals surface area contributed by atoms with E-state index in [9.17, 15) is 14.7 Å². The highest BCUT2D eigenvalue weighted by molar-refractivity contribution is 7.19. The number of nitrogens with two attached hydrogens (primary N) is 2. The fourth-order valence-corrected chi connectivity index (χ4v) is 5.31. The van der Waals surface area contributed by atoms with E-state index in [1.54, 1.807) is 19.1 Å². The lowest BCUT2D eigenvalue weighted by Crippen LogP contribution is -2.27. The number of benzene rings is 1. The lowest BCUT2D eigenvalue weighted by Gasteiger charge is -2.18. The van der Waals surface area contributed by atoms with Crippen molar-refractivity contribution >= 4 is 33.1 Å². The predicted molar refractivity (Wildman–Crippen MR) is 108 cm³/mol. The number of hydrogen-bond donors (Lipinski definition) is 3. The molecule has 1 aliphatic carbocycles. The van der Waals surface area contributed by atoms with Gasteiger partial charge in [0.15, 0.2) is 0 Å². The molecule has 2 aromatic heterocycles. The molecule has 5 N–H and O–H groups in total. The van der Waals surface area contributed by atoms with E-state index in [2.05, 4.69) is 0 Å². The van der Waals surface area contributed by atoms with Crippen molar-refractivity contribution in [2.45, 2.75) is 39.5 Å². The Morgan fingerprint density at radius 2 is 1.89 bits per heavy atom. The Labute approximate surface area is 160 Å². The summed E-state index contributed by atoms with van der Waals surface area (Å²) in [5.41, 5.74) is 14.5. The molecule has 0 bridgehead atoms. The summed E-state index contributed by atoms with van der Waals surface area (Å²) in [5, 5.41) is 10.6. The number of fused-ring (bicyclic) bond motifs is 1. The van der Waals surface area contributed by atoms with E-state index in [1.165, 1.54) is 15.9 Å². The number of aromatic hydroxyl groups is 1. The number of amides is 1. The number of nitrogen functional groups attached to an aromatic ring is 1. The topological polar surface area (TPSA) is 111 Å². The van der Waals surface area contributed by atoms with Crippen LogP contribution in [0.1, 0.15) is 50.7 Å². The van der Waals surface area contributed by atoms with Crippen molar-refractivity contribution in [1.82, 2.24) is 4.57 Å². The van der Waals surface area contributed by atoms with Crippen molar-refractivity contribution in [2.75, 3.05) is 5.73 Å². The fourth-order valence-electron chi connectivity index (χ4n) is 3.78. The van der Waals surface area contributed by atoms with Crippen molar-refractivity contribution in [3.05, 3.63) is 49.6 Å². The highest BCUT2D eigenvalue weighted by Gasteiger charge is 2.32. The third-order valence-corrected chi connectivity index (χ3v) is 6.82. The van der Waals surface area contributed by atoms with E-state index in [1.807, 2.05) is 13.8 Å². The summed E-state index contributed by atoms with van der Waals surface area (Å²) in [6.07, 6.45) is 2.18. The summed E-state index contributed by atoms with van der Waals surface area (Å²) < 4.78 is 1.89. The third kappa shape index (κ3) is 2.45. The zero-order chi connectivity index (χ0) is 19.6. The average Bonchev–Trinajstić information content (AvgIpc) is 3.38. The van der Waals surface area contributed by atoms with Gasteiger partial charge in [-0.1, -0.05) is 6.07 Å². The van der Waals surface area contributed by atoms with E-state index in [0.717, 1.165) is 28.8 Å². The molecule has 0 spiro atoms.